The van der Waals surface area contributed by atoms with E-state index in [1.165, 1.54) is 0 Å². The van der Waals surface area contributed by atoms with Gasteiger partial charge >= 0.3 is 0 Å². The first-order valence-electron chi connectivity index (χ1n) is 4.74. The number of hydrogen-bond donors (Lipinski definition) is 2. The SMILES string of the molecule is NCC1CC(=O)N(Cc2cnc[nH]2)C1. The minimum Gasteiger partial charge on any atom is -0.347 e. The lowest BCUT2D eigenvalue weighted by molar-refractivity contribution is -0.128. The maximum Gasteiger partial charge on any atom is 0.223 e. The van der Waals surface area contributed by atoms with Crippen molar-refractivity contribution < 1.29 is 4.79 Å². The van der Waals surface area contributed by atoms with Gasteiger partial charge < -0.3 is 15.6 Å². The number of likely N-dealkylation sites (tertiary alicyclic amines) is 1. The molecule has 1 fully saturated rings. The third-order valence-corrected chi connectivity index (χ3v) is 2.54. The quantitative estimate of drug-likeness (QED) is 0.694. The van der Waals surface area contributed by atoms with E-state index in [9.17, 15) is 4.79 Å². The topological polar surface area (TPSA) is 75.0 Å². The zero-order chi connectivity index (χ0) is 9.97. The Hall–Kier alpha value is -1.36. The Kier molecular flexibility index (Phi) is 2.49. The second kappa shape index (κ2) is 3.79. The van der Waals surface area contributed by atoms with Crippen molar-refractivity contribution in [2.45, 2.75) is 13.0 Å². The standard InChI is InChI=1S/C9H14N4O/c10-2-7-1-9(14)13(4-7)5-8-3-11-6-12-8/h3,6-7H,1-2,4-5,10H2,(H,11,12). The molecule has 0 aliphatic carbocycles. The Balaban J connectivity index is 1.96. The average molecular weight is 194 g/mol. The molecule has 0 saturated carbocycles. The predicted octanol–water partition coefficient (Wildman–Crippen LogP) is -0.283. The van der Waals surface area contributed by atoms with Gasteiger partial charge in [-0.15, -0.1) is 0 Å². The maximum atomic E-state index is 11.5. The molecule has 5 nitrogen and oxygen atoms in total. The summed E-state index contributed by atoms with van der Waals surface area (Å²) >= 11 is 0. The lowest BCUT2D eigenvalue weighted by Gasteiger charge is -2.14. The van der Waals surface area contributed by atoms with Crippen molar-refractivity contribution in [1.82, 2.24) is 14.9 Å². The van der Waals surface area contributed by atoms with Crippen LogP contribution in [0.5, 0.6) is 0 Å². The molecule has 0 aromatic carbocycles. The summed E-state index contributed by atoms with van der Waals surface area (Å²) in [7, 11) is 0. The van der Waals surface area contributed by atoms with Gasteiger partial charge in [-0.2, -0.15) is 0 Å². The van der Waals surface area contributed by atoms with Gasteiger partial charge in [0.15, 0.2) is 0 Å². The molecule has 0 spiro atoms. The number of H-pyrrole nitrogens is 1. The lowest BCUT2D eigenvalue weighted by Crippen LogP contribution is -2.25. The van der Waals surface area contributed by atoms with Gasteiger partial charge in [-0.25, -0.2) is 4.98 Å². The van der Waals surface area contributed by atoms with Gasteiger partial charge in [-0.1, -0.05) is 0 Å². The highest BCUT2D eigenvalue weighted by molar-refractivity contribution is 5.78. The van der Waals surface area contributed by atoms with E-state index in [0.717, 1.165) is 12.2 Å². The summed E-state index contributed by atoms with van der Waals surface area (Å²) in [6.45, 7) is 1.98. The Labute approximate surface area is 82.3 Å². The molecule has 5 heteroatoms. The van der Waals surface area contributed by atoms with Crippen molar-refractivity contribution in [2.75, 3.05) is 13.1 Å². The smallest absolute Gasteiger partial charge is 0.223 e. The Bertz CT molecular complexity index is 309. The Morgan fingerprint density at radius 2 is 2.57 bits per heavy atom. The molecule has 0 bridgehead atoms. The molecule has 1 aliphatic heterocycles. The van der Waals surface area contributed by atoms with E-state index in [1.54, 1.807) is 12.5 Å². The first-order chi connectivity index (χ1) is 6.79. The fraction of sp³-hybridized carbons (Fsp3) is 0.556. The summed E-state index contributed by atoms with van der Waals surface area (Å²) in [6.07, 6.45) is 3.95. The molecule has 1 aliphatic rings. The highest BCUT2D eigenvalue weighted by atomic mass is 16.2. The summed E-state index contributed by atoms with van der Waals surface area (Å²) in [4.78, 5) is 20.2. The Morgan fingerprint density at radius 3 is 3.14 bits per heavy atom. The van der Waals surface area contributed by atoms with Crippen LogP contribution < -0.4 is 5.73 Å². The number of carbonyl (C=O) groups excluding carboxylic acids is 1. The van der Waals surface area contributed by atoms with Gasteiger partial charge in [-0.3, -0.25) is 4.79 Å². The van der Waals surface area contributed by atoms with Gasteiger partial charge in [0, 0.05) is 19.2 Å². The minimum atomic E-state index is 0.190. The third kappa shape index (κ3) is 1.77. The third-order valence-electron chi connectivity index (χ3n) is 2.54. The van der Waals surface area contributed by atoms with Gasteiger partial charge in [0.25, 0.3) is 0 Å². The van der Waals surface area contributed by atoms with Crippen molar-refractivity contribution in [3.63, 3.8) is 0 Å². The molecule has 2 heterocycles. The van der Waals surface area contributed by atoms with Gasteiger partial charge in [0.05, 0.1) is 18.6 Å². The average Bonchev–Trinajstić information content (AvgIpc) is 2.78. The second-order valence-corrected chi connectivity index (χ2v) is 3.66. The summed E-state index contributed by atoms with van der Waals surface area (Å²) in [5, 5.41) is 0. The summed E-state index contributed by atoms with van der Waals surface area (Å²) in [5.41, 5.74) is 6.50. The van der Waals surface area contributed by atoms with E-state index in [1.807, 2.05) is 4.90 Å². The van der Waals surface area contributed by atoms with Gasteiger partial charge in [-0.05, 0) is 12.5 Å². The number of carbonyl (C=O) groups is 1. The number of amides is 1. The number of rotatable bonds is 3. The maximum absolute atomic E-state index is 11.5. The zero-order valence-corrected chi connectivity index (χ0v) is 7.94. The summed E-state index contributed by atoms with van der Waals surface area (Å²) in [5.74, 6) is 0.514. The molecular weight excluding hydrogens is 180 g/mol. The largest absolute Gasteiger partial charge is 0.347 e. The van der Waals surface area contributed by atoms with E-state index in [2.05, 4.69) is 9.97 Å². The Morgan fingerprint density at radius 1 is 1.71 bits per heavy atom. The fourth-order valence-electron chi connectivity index (χ4n) is 1.74. The molecule has 1 saturated heterocycles. The normalized spacial score (nSPS) is 21.9. The highest BCUT2D eigenvalue weighted by Gasteiger charge is 2.28. The van der Waals surface area contributed by atoms with Crippen LogP contribution in [0.15, 0.2) is 12.5 Å². The molecule has 1 aromatic heterocycles. The molecule has 1 aromatic rings. The molecule has 1 atom stereocenters. The molecular formula is C9H14N4O. The van der Waals surface area contributed by atoms with Crippen LogP contribution in [0.2, 0.25) is 0 Å². The van der Waals surface area contributed by atoms with Gasteiger partial charge in [0.1, 0.15) is 0 Å². The minimum absolute atomic E-state index is 0.190. The number of aromatic amines is 1. The highest BCUT2D eigenvalue weighted by Crippen LogP contribution is 2.18. The van der Waals surface area contributed by atoms with Crippen molar-refractivity contribution in [1.29, 1.82) is 0 Å². The van der Waals surface area contributed by atoms with Crippen molar-refractivity contribution in [3.05, 3.63) is 18.2 Å². The van der Waals surface area contributed by atoms with Crippen LogP contribution in [0, 0.1) is 5.92 Å². The monoisotopic (exact) mass is 194 g/mol. The van der Waals surface area contributed by atoms with Crippen LogP contribution in [0.3, 0.4) is 0 Å². The zero-order valence-electron chi connectivity index (χ0n) is 7.94. The van der Waals surface area contributed by atoms with E-state index in [0.29, 0.717) is 25.4 Å². The van der Waals surface area contributed by atoms with Crippen LogP contribution in [0.4, 0.5) is 0 Å². The van der Waals surface area contributed by atoms with Crippen LogP contribution in [-0.2, 0) is 11.3 Å². The molecule has 2 rings (SSSR count). The molecule has 3 N–H and O–H groups in total. The number of hydrogen-bond acceptors (Lipinski definition) is 3. The van der Waals surface area contributed by atoms with Crippen LogP contribution in [0.25, 0.3) is 0 Å². The fourth-order valence-corrected chi connectivity index (χ4v) is 1.74. The van der Waals surface area contributed by atoms with Crippen molar-refractivity contribution in [3.8, 4) is 0 Å². The van der Waals surface area contributed by atoms with Crippen LogP contribution in [-0.4, -0.2) is 33.9 Å². The first-order valence-corrected chi connectivity index (χ1v) is 4.74. The molecule has 0 radical (unpaired) electrons. The number of imidazole rings is 1. The lowest BCUT2D eigenvalue weighted by atomic mass is 10.1. The number of nitrogens with two attached hydrogens (primary N) is 1. The van der Waals surface area contributed by atoms with E-state index in [4.69, 9.17) is 5.73 Å². The predicted molar refractivity (Wildman–Crippen MR) is 51.2 cm³/mol. The number of nitrogens with zero attached hydrogens (tertiary/aromatic N) is 2. The van der Waals surface area contributed by atoms with Crippen LogP contribution in [0.1, 0.15) is 12.1 Å². The summed E-state index contributed by atoms with van der Waals surface area (Å²) in [6, 6.07) is 0. The first kappa shape index (κ1) is 9.21. The molecule has 76 valence electrons. The van der Waals surface area contributed by atoms with E-state index >= 15 is 0 Å². The van der Waals surface area contributed by atoms with Gasteiger partial charge in [0.2, 0.25) is 5.91 Å². The molecule has 1 amide bonds. The van der Waals surface area contributed by atoms with E-state index in [-0.39, 0.29) is 5.91 Å². The number of nitrogens with one attached hydrogen (secondary N) is 1. The van der Waals surface area contributed by atoms with Crippen molar-refractivity contribution >= 4 is 5.91 Å². The van der Waals surface area contributed by atoms with Crippen LogP contribution >= 0.6 is 0 Å². The summed E-state index contributed by atoms with van der Waals surface area (Å²) < 4.78 is 0. The van der Waals surface area contributed by atoms with E-state index < -0.39 is 0 Å². The molecule has 1 unspecified atom stereocenters. The van der Waals surface area contributed by atoms with Crippen molar-refractivity contribution in [2.24, 2.45) is 11.7 Å². The second-order valence-electron chi connectivity index (χ2n) is 3.66. The number of aromatic nitrogens is 2. The molecule has 14 heavy (non-hydrogen) atoms.